The van der Waals surface area contributed by atoms with Gasteiger partial charge >= 0.3 is 18.0 Å². The number of rotatable bonds is 7. The van der Waals surface area contributed by atoms with E-state index >= 15 is 4.39 Å². The molecule has 2 aliphatic heterocycles. The average molecular weight is 687 g/mol. The number of hydrogen-bond acceptors (Lipinski definition) is 5. The molecule has 2 aromatic carbocycles. The Kier molecular flexibility index (Phi) is 8.44. The summed E-state index contributed by atoms with van der Waals surface area (Å²) >= 11 is 0. The van der Waals surface area contributed by atoms with Gasteiger partial charge in [0.2, 0.25) is 5.91 Å². The Morgan fingerprint density at radius 2 is 1.65 bits per heavy atom. The number of benzene rings is 2. The zero-order valence-corrected chi connectivity index (χ0v) is 24.8. The molecule has 0 unspecified atom stereocenters. The van der Waals surface area contributed by atoms with Crippen LogP contribution in [0.4, 0.5) is 39.5 Å². The van der Waals surface area contributed by atoms with Gasteiger partial charge in [0.05, 0.1) is 17.5 Å². The van der Waals surface area contributed by atoms with E-state index in [2.05, 4.69) is 0 Å². The van der Waals surface area contributed by atoms with E-state index in [0.717, 1.165) is 34.1 Å². The average Bonchev–Trinajstić information content (AvgIpc) is 3.52. The van der Waals surface area contributed by atoms with Gasteiger partial charge < -0.3 is 14.5 Å². The number of aryl methyl sites for hydroxylation is 1. The van der Waals surface area contributed by atoms with E-state index in [1.54, 1.807) is 0 Å². The zero-order chi connectivity index (χ0) is 34.0. The Morgan fingerprint density at radius 1 is 1.02 bits per heavy atom. The van der Waals surface area contributed by atoms with Crippen LogP contribution in [0, 0.1) is 5.82 Å². The van der Waals surface area contributed by atoms with Crippen LogP contribution in [0.5, 0.6) is 0 Å². The molecular weight excluding hydrogens is 659 g/mol. The molecule has 17 heteroatoms. The van der Waals surface area contributed by atoms with Crippen molar-refractivity contribution >= 4 is 21.7 Å². The summed E-state index contributed by atoms with van der Waals surface area (Å²) in [6, 6.07) is 2.18. The summed E-state index contributed by atoms with van der Waals surface area (Å²) in [4.78, 5) is 28.1. The summed E-state index contributed by atoms with van der Waals surface area (Å²) in [7, 11) is -3.39. The Balaban J connectivity index is 1.65. The molecule has 0 spiro atoms. The van der Waals surface area contributed by atoms with E-state index < -0.39 is 91.8 Å². The van der Waals surface area contributed by atoms with Gasteiger partial charge in [0.1, 0.15) is 16.6 Å². The largest absolute Gasteiger partial charge is 0.435 e. The van der Waals surface area contributed by atoms with E-state index in [9.17, 15) is 53.1 Å². The van der Waals surface area contributed by atoms with Crippen LogP contribution >= 0.6 is 0 Å². The first-order valence-electron chi connectivity index (χ1n) is 14.0. The van der Waals surface area contributed by atoms with Crippen LogP contribution < -0.4 is 0 Å². The summed E-state index contributed by atoms with van der Waals surface area (Å²) in [6.45, 7) is -0.502. The van der Waals surface area contributed by atoms with Gasteiger partial charge in [0, 0.05) is 32.2 Å². The van der Waals surface area contributed by atoms with Crippen molar-refractivity contribution in [1.29, 1.82) is 0 Å². The van der Waals surface area contributed by atoms with Gasteiger partial charge in [-0.25, -0.2) is 21.6 Å². The standard InChI is InChI=1S/C29H27F9N2O5S/c1-45-13-12-39-22(15-21(31)24(39)41)25(42)40-11-10-26(46(43,44)19-6-4-18(30)5-7-19)20-8-3-17(14-16(20)2-9-23(26)40)27(32,28(33,34)35)29(36,37)38/h3-8,14,21-23H,2,9-13,15H2,1H3/t21-,22-,23-,26-/m1/s1. The van der Waals surface area contributed by atoms with Gasteiger partial charge in [-0.1, -0.05) is 18.2 Å². The molecule has 0 N–H and O–H groups in total. The van der Waals surface area contributed by atoms with Crippen molar-refractivity contribution in [3.05, 3.63) is 65.0 Å². The molecule has 2 fully saturated rings. The molecule has 0 aromatic heterocycles. The second-order valence-electron chi connectivity index (χ2n) is 11.5. The molecule has 2 aromatic rings. The summed E-state index contributed by atoms with van der Waals surface area (Å²) in [5.41, 5.74) is -8.13. The first-order valence-corrected chi connectivity index (χ1v) is 15.5. The maximum atomic E-state index is 15.0. The molecule has 3 aliphatic rings. The van der Waals surface area contributed by atoms with E-state index in [1.165, 1.54) is 7.11 Å². The van der Waals surface area contributed by atoms with E-state index in [1.807, 2.05) is 0 Å². The third-order valence-electron chi connectivity index (χ3n) is 9.13. The number of ether oxygens (including phenoxy) is 1. The number of fused-ring (bicyclic) bond motifs is 3. The highest BCUT2D eigenvalue weighted by Gasteiger charge is 2.74. The van der Waals surface area contributed by atoms with Gasteiger partial charge in [0.25, 0.3) is 5.91 Å². The molecule has 2 saturated heterocycles. The minimum Gasteiger partial charge on any atom is -0.383 e. The van der Waals surface area contributed by atoms with E-state index in [-0.39, 0.29) is 49.7 Å². The minimum atomic E-state index is -6.41. The number of methoxy groups -OCH3 is 1. The van der Waals surface area contributed by atoms with E-state index in [4.69, 9.17) is 4.74 Å². The van der Waals surface area contributed by atoms with E-state index in [0.29, 0.717) is 12.1 Å². The van der Waals surface area contributed by atoms with Crippen molar-refractivity contribution in [2.24, 2.45) is 0 Å². The molecule has 2 amide bonds. The van der Waals surface area contributed by atoms with Gasteiger partial charge in [-0.15, -0.1) is 0 Å². The number of nitrogens with zero attached hydrogens (tertiary/aromatic N) is 2. The predicted octanol–water partition coefficient (Wildman–Crippen LogP) is 4.92. The molecule has 0 bridgehead atoms. The topological polar surface area (TPSA) is 84.0 Å². The van der Waals surface area contributed by atoms with Crippen LogP contribution in [-0.2, 0) is 41.0 Å². The van der Waals surface area contributed by atoms with Crippen LogP contribution in [0.1, 0.15) is 36.0 Å². The fourth-order valence-electron chi connectivity index (χ4n) is 6.96. The van der Waals surface area contributed by atoms with Crippen molar-refractivity contribution in [3.63, 3.8) is 0 Å². The summed E-state index contributed by atoms with van der Waals surface area (Å²) in [5.74, 6) is -2.57. The van der Waals surface area contributed by atoms with Crippen LogP contribution in [0.15, 0.2) is 47.4 Å². The summed E-state index contributed by atoms with van der Waals surface area (Å²) < 4.78 is 156. The number of carbonyl (C=O) groups excluding carboxylic acids is 2. The highest BCUT2D eigenvalue weighted by molar-refractivity contribution is 7.92. The zero-order valence-electron chi connectivity index (χ0n) is 24.0. The quantitative estimate of drug-likeness (QED) is 0.305. The number of carbonyl (C=O) groups is 2. The monoisotopic (exact) mass is 686 g/mol. The van der Waals surface area contributed by atoms with Crippen molar-refractivity contribution in [1.82, 2.24) is 9.80 Å². The Bertz CT molecular complexity index is 1620. The number of halogens is 9. The van der Waals surface area contributed by atoms with Crippen molar-refractivity contribution in [2.45, 2.75) is 71.6 Å². The van der Waals surface area contributed by atoms with Crippen molar-refractivity contribution in [2.75, 3.05) is 26.8 Å². The third kappa shape index (κ3) is 4.95. The molecule has 7 nitrogen and oxygen atoms in total. The molecule has 5 rings (SSSR count). The first-order chi connectivity index (χ1) is 21.3. The SMILES string of the molecule is COCCN1C(=O)[C@H](F)C[C@@H]1C(=O)N1CC[C@@]2(S(=O)(=O)c3ccc(F)cc3)c3ccc(C(F)(C(F)(F)F)C(F)(F)F)cc3CC[C@@H]12. The molecule has 1 aliphatic carbocycles. The van der Waals surface area contributed by atoms with Crippen LogP contribution in [-0.4, -0.2) is 87.4 Å². The highest BCUT2D eigenvalue weighted by atomic mass is 32.2. The molecule has 4 atom stereocenters. The maximum absolute atomic E-state index is 15.0. The first kappa shape index (κ1) is 34.0. The molecule has 46 heavy (non-hydrogen) atoms. The second kappa shape index (κ2) is 11.4. The van der Waals surface area contributed by atoms with Crippen LogP contribution in [0.2, 0.25) is 0 Å². The fourth-order valence-corrected chi connectivity index (χ4v) is 9.32. The third-order valence-corrected chi connectivity index (χ3v) is 11.7. The van der Waals surface area contributed by atoms with Crippen LogP contribution in [0.25, 0.3) is 0 Å². The lowest BCUT2D eigenvalue weighted by atomic mass is 9.76. The number of hydrogen-bond donors (Lipinski definition) is 0. The Morgan fingerprint density at radius 3 is 2.24 bits per heavy atom. The van der Waals surface area contributed by atoms with Crippen LogP contribution in [0.3, 0.4) is 0 Å². The highest BCUT2D eigenvalue weighted by Crippen LogP contribution is 2.57. The van der Waals surface area contributed by atoms with Gasteiger partial charge in [-0.2, -0.15) is 26.3 Å². The molecule has 0 radical (unpaired) electrons. The minimum absolute atomic E-state index is 0.0455. The normalized spacial score (nSPS) is 25.5. The Labute approximate surface area is 257 Å². The predicted molar refractivity (Wildman–Crippen MR) is 142 cm³/mol. The van der Waals surface area contributed by atoms with Gasteiger partial charge in [-0.05, 0) is 54.7 Å². The Hall–Kier alpha value is -3.34. The fraction of sp³-hybridized carbons (Fsp3) is 0.517. The lowest BCUT2D eigenvalue weighted by molar-refractivity contribution is -0.348. The number of alkyl halides is 8. The lowest BCUT2D eigenvalue weighted by Gasteiger charge is -2.43. The molecule has 2 heterocycles. The summed E-state index contributed by atoms with van der Waals surface area (Å²) in [5, 5.41) is 0. The lowest BCUT2D eigenvalue weighted by Crippen LogP contribution is -2.55. The summed E-state index contributed by atoms with van der Waals surface area (Å²) in [6.07, 6.45) is -16.4. The van der Waals surface area contributed by atoms with Gasteiger partial charge in [-0.3, -0.25) is 9.59 Å². The number of likely N-dealkylation sites (tertiary alicyclic amines) is 2. The molecule has 252 valence electrons. The maximum Gasteiger partial charge on any atom is 0.435 e. The van der Waals surface area contributed by atoms with Gasteiger partial charge in [0.15, 0.2) is 16.0 Å². The second-order valence-corrected chi connectivity index (χ2v) is 13.7. The van der Waals surface area contributed by atoms with Crippen molar-refractivity contribution in [3.8, 4) is 0 Å². The molecular formula is C29H27F9N2O5S. The van der Waals surface area contributed by atoms with Crippen molar-refractivity contribution < 1.29 is 62.3 Å². The smallest absolute Gasteiger partial charge is 0.383 e. The molecule has 0 saturated carbocycles. The number of sulfone groups is 1. The number of amides is 2.